The molecule has 0 aliphatic carbocycles. The number of nitrogens with zero attached hydrogens (tertiary/aromatic N) is 2. The minimum Gasteiger partial charge on any atom is -0.360 e. The van der Waals surface area contributed by atoms with Crippen LogP contribution in [-0.4, -0.2) is 22.1 Å². The SMILES string of the molecule is Cc1nnc(NCCC(C)Cl)s1. The average Bonchev–Trinajstić information content (AvgIpc) is 2.35. The third-order valence-corrected chi connectivity index (χ3v) is 2.36. The van der Waals surface area contributed by atoms with Gasteiger partial charge in [0.1, 0.15) is 5.01 Å². The van der Waals surface area contributed by atoms with Gasteiger partial charge in [-0.15, -0.1) is 21.8 Å². The molecular formula is C7H12ClN3S. The number of nitrogens with one attached hydrogen (secondary N) is 1. The quantitative estimate of drug-likeness (QED) is 0.767. The van der Waals surface area contributed by atoms with Gasteiger partial charge >= 0.3 is 0 Å². The molecular weight excluding hydrogens is 194 g/mol. The van der Waals surface area contributed by atoms with Crippen molar-refractivity contribution in [3.05, 3.63) is 5.01 Å². The highest BCUT2D eigenvalue weighted by Gasteiger charge is 1.99. The van der Waals surface area contributed by atoms with Gasteiger partial charge < -0.3 is 5.32 Å². The van der Waals surface area contributed by atoms with Crippen LogP contribution in [0, 0.1) is 6.92 Å². The Morgan fingerprint density at radius 2 is 2.33 bits per heavy atom. The van der Waals surface area contributed by atoms with Crippen LogP contribution < -0.4 is 5.32 Å². The summed E-state index contributed by atoms with van der Waals surface area (Å²) >= 11 is 7.34. The molecule has 0 spiro atoms. The van der Waals surface area contributed by atoms with Crippen LogP contribution in [0.5, 0.6) is 0 Å². The van der Waals surface area contributed by atoms with Crippen LogP contribution in [-0.2, 0) is 0 Å². The lowest BCUT2D eigenvalue weighted by Gasteiger charge is -2.02. The molecule has 1 heterocycles. The molecule has 12 heavy (non-hydrogen) atoms. The molecule has 0 bridgehead atoms. The van der Waals surface area contributed by atoms with Gasteiger partial charge in [0.15, 0.2) is 0 Å². The fraction of sp³-hybridized carbons (Fsp3) is 0.714. The zero-order valence-corrected chi connectivity index (χ0v) is 8.74. The molecule has 1 aromatic rings. The second kappa shape index (κ2) is 4.62. The van der Waals surface area contributed by atoms with Crippen molar-refractivity contribution in [1.82, 2.24) is 10.2 Å². The van der Waals surface area contributed by atoms with Gasteiger partial charge in [-0.25, -0.2) is 0 Å². The third kappa shape index (κ3) is 3.36. The van der Waals surface area contributed by atoms with Crippen molar-refractivity contribution in [2.24, 2.45) is 0 Å². The summed E-state index contributed by atoms with van der Waals surface area (Å²) in [5.74, 6) is 0. The minimum atomic E-state index is 0.214. The molecule has 0 amide bonds. The number of alkyl halides is 1. The Balaban J connectivity index is 2.24. The Hall–Kier alpha value is -0.350. The van der Waals surface area contributed by atoms with Crippen LogP contribution in [0.2, 0.25) is 0 Å². The number of hydrogen-bond acceptors (Lipinski definition) is 4. The molecule has 0 aliphatic heterocycles. The van der Waals surface area contributed by atoms with E-state index < -0.39 is 0 Å². The molecule has 1 unspecified atom stereocenters. The van der Waals surface area contributed by atoms with Crippen LogP contribution in [0.25, 0.3) is 0 Å². The second-order valence-electron chi connectivity index (χ2n) is 2.62. The molecule has 1 N–H and O–H groups in total. The Bertz CT molecular complexity index is 236. The number of rotatable bonds is 4. The summed E-state index contributed by atoms with van der Waals surface area (Å²) in [4.78, 5) is 0. The predicted molar refractivity (Wildman–Crippen MR) is 53.1 cm³/mol. The standard InChI is InChI=1S/C7H12ClN3S/c1-5(8)3-4-9-7-11-10-6(2)12-7/h5H,3-4H2,1-2H3,(H,9,11). The first kappa shape index (κ1) is 9.74. The molecule has 0 saturated heterocycles. The summed E-state index contributed by atoms with van der Waals surface area (Å²) < 4.78 is 0. The van der Waals surface area contributed by atoms with Crippen LogP contribution in [0.3, 0.4) is 0 Å². The number of halogens is 1. The number of anilines is 1. The van der Waals surface area contributed by atoms with E-state index in [-0.39, 0.29) is 5.38 Å². The first-order valence-electron chi connectivity index (χ1n) is 3.86. The van der Waals surface area contributed by atoms with E-state index in [2.05, 4.69) is 15.5 Å². The second-order valence-corrected chi connectivity index (χ2v) is 4.55. The maximum atomic E-state index is 5.78. The molecule has 0 aliphatic rings. The van der Waals surface area contributed by atoms with E-state index in [1.807, 2.05) is 13.8 Å². The van der Waals surface area contributed by atoms with Crippen LogP contribution in [0.4, 0.5) is 5.13 Å². The summed E-state index contributed by atoms with van der Waals surface area (Å²) in [6, 6.07) is 0. The lowest BCUT2D eigenvalue weighted by atomic mass is 10.3. The summed E-state index contributed by atoms with van der Waals surface area (Å²) in [5.41, 5.74) is 0. The molecule has 3 nitrogen and oxygen atoms in total. The lowest BCUT2D eigenvalue weighted by Crippen LogP contribution is -2.05. The molecule has 1 atom stereocenters. The molecule has 0 saturated carbocycles. The number of hydrogen-bond donors (Lipinski definition) is 1. The smallest absolute Gasteiger partial charge is 0.205 e. The van der Waals surface area contributed by atoms with Crippen molar-refractivity contribution in [3.63, 3.8) is 0 Å². The Labute approximate surface area is 81.2 Å². The first-order valence-corrected chi connectivity index (χ1v) is 5.12. The number of aromatic nitrogens is 2. The molecule has 0 aromatic carbocycles. The summed E-state index contributed by atoms with van der Waals surface area (Å²) in [6.45, 7) is 4.78. The molecule has 0 radical (unpaired) electrons. The van der Waals surface area contributed by atoms with E-state index in [1.165, 1.54) is 0 Å². The summed E-state index contributed by atoms with van der Waals surface area (Å²) in [6.07, 6.45) is 0.945. The van der Waals surface area contributed by atoms with Gasteiger partial charge in [0.05, 0.1) is 0 Å². The highest BCUT2D eigenvalue weighted by atomic mass is 35.5. The summed E-state index contributed by atoms with van der Waals surface area (Å²) in [5, 5.41) is 13.0. The van der Waals surface area contributed by atoms with Crippen molar-refractivity contribution in [1.29, 1.82) is 0 Å². The van der Waals surface area contributed by atoms with Gasteiger partial charge in [-0.3, -0.25) is 0 Å². The van der Waals surface area contributed by atoms with Crippen molar-refractivity contribution in [2.45, 2.75) is 25.6 Å². The van der Waals surface area contributed by atoms with E-state index in [4.69, 9.17) is 11.6 Å². The van der Waals surface area contributed by atoms with Gasteiger partial charge in [-0.05, 0) is 20.3 Å². The molecule has 0 fully saturated rings. The normalized spacial score (nSPS) is 12.9. The fourth-order valence-corrected chi connectivity index (χ4v) is 1.47. The van der Waals surface area contributed by atoms with Gasteiger partial charge in [0, 0.05) is 11.9 Å². The van der Waals surface area contributed by atoms with Crippen molar-refractivity contribution >= 4 is 28.1 Å². The zero-order valence-electron chi connectivity index (χ0n) is 7.17. The van der Waals surface area contributed by atoms with E-state index >= 15 is 0 Å². The van der Waals surface area contributed by atoms with Crippen LogP contribution in [0.15, 0.2) is 0 Å². The van der Waals surface area contributed by atoms with Crippen molar-refractivity contribution < 1.29 is 0 Å². The van der Waals surface area contributed by atoms with Crippen molar-refractivity contribution in [2.75, 3.05) is 11.9 Å². The Morgan fingerprint density at radius 1 is 1.58 bits per heavy atom. The highest BCUT2D eigenvalue weighted by molar-refractivity contribution is 7.15. The first-order chi connectivity index (χ1) is 5.68. The molecule has 1 rings (SSSR count). The predicted octanol–water partition coefficient (Wildman–Crippen LogP) is 2.28. The Morgan fingerprint density at radius 3 is 2.83 bits per heavy atom. The van der Waals surface area contributed by atoms with Gasteiger partial charge in [-0.1, -0.05) is 11.3 Å². The monoisotopic (exact) mass is 205 g/mol. The van der Waals surface area contributed by atoms with Gasteiger partial charge in [0.2, 0.25) is 5.13 Å². The van der Waals surface area contributed by atoms with Crippen LogP contribution >= 0.6 is 22.9 Å². The summed E-state index contributed by atoms with van der Waals surface area (Å²) in [7, 11) is 0. The van der Waals surface area contributed by atoms with E-state index in [1.54, 1.807) is 11.3 Å². The highest BCUT2D eigenvalue weighted by Crippen LogP contribution is 2.13. The molecule has 1 aromatic heterocycles. The lowest BCUT2D eigenvalue weighted by molar-refractivity contribution is 0.839. The zero-order chi connectivity index (χ0) is 8.97. The van der Waals surface area contributed by atoms with Gasteiger partial charge in [0.25, 0.3) is 0 Å². The molecule has 5 heteroatoms. The fourth-order valence-electron chi connectivity index (χ4n) is 0.746. The third-order valence-electron chi connectivity index (χ3n) is 1.34. The minimum absolute atomic E-state index is 0.214. The van der Waals surface area contributed by atoms with Gasteiger partial charge in [-0.2, -0.15) is 0 Å². The average molecular weight is 206 g/mol. The molecule has 68 valence electrons. The van der Waals surface area contributed by atoms with E-state index in [0.717, 1.165) is 23.1 Å². The topological polar surface area (TPSA) is 37.8 Å². The van der Waals surface area contributed by atoms with Crippen LogP contribution in [0.1, 0.15) is 18.4 Å². The number of aryl methyl sites for hydroxylation is 1. The Kier molecular flexibility index (Phi) is 3.75. The largest absolute Gasteiger partial charge is 0.360 e. The maximum absolute atomic E-state index is 5.78. The van der Waals surface area contributed by atoms with E-state index in [0.29, 0.717) is 0 Å². The van der Waals surface area contributed by atoms with E-state index in [9.17, 15) is 0 Å². The van der Waals surface area contributed by atoms with Crippen molar-refractivity contribution in [3.8, 4) is 0 Å². The maximum Gasteiger partial charge on any atom is 0.205 e.